The number of benzene rings is 1. The molecule has 0 saturated carbocycles. The van der Waals surface area contributed by atoms with Gasteiger partial charge in [0.25, 0.3) is 0 Å². The fraction of sp³-hybridized carbons (Fsp3) is 0.125. The highest BCUT2D eigenvalue weighted by Crippen LogP contribution is 2.24. The number of carboxylic acid groups (broad SMARTS) is 1. The summed E-state index contributed by atoms with van der Waals surface area (Å²) in [6.45, 7) is 0. The maximum atomic E-state index is 10.4. The van der Waals surface area contributed by atoms with Crippen LogP contribution in [0.2, 0.25) is 0 Å². The lowest BCUT2D eigenvalue weighted by Gasteiger charge is -2.06. The summed E-state index contributed by atoms with van der Waals surface area (Å²) in [6, 6.07) is 5.75. The molecule has 1 rings (SSSR count). The molecule has 0 aliphatic rings. The Hall–Kier alpha value is -1.75. The van der Waals surface area contributed by atoms with Crippen LogP contribution in [0, 0.1) is 4.91 Å². The second-order valence-corrected chi connectivity index (χ2v) is 2.39. The lowest BCUT2D eigenvalue weighted by atomic mass is 10.1. The third kappa shape index (κ3) is 1.88. The van der Waals surface area contributed by atoms with Crippen LogP contribution < -0.4 is 0 Å². The molecule has 5 heteroatoms. The van der Waals surface area contributed by atoms with E-state index in [1.165, 1.54) is 24.3 Å². The Morgan fingerprint density at radius 1 is 1.38 bits per heavy atom. The molecule has 1 aromatic rings. The second kappa shape index (κ2) is 3.77. The van der Waals surface area contributed by atoms with Gasteiger partial charge in [-0.25, -0.2) is 4.79 Å². The highest BCUT2D eigenvalue weighted by molar-refractivity contribution is 5.76. The van der Waals surface area contributed by atoms with Crippen molar-refractivity contribution in [3.8, 4) is 0 Å². The van der Waals surface area contributed by atoms with Crippen LogP contribution in [0.5, 0.6) is 0 Å². The van der Waals surface area contributed by atoms with Crippen LogP contribution in [-0.4, -0.2) is 16.2 Å². The number of carbonyl (C=O) groups is 1. The van der Waals surface area contributed by atoms with Gasteiger partial charge in [-0.1, -0.05) is 18.2 Å². The zero-order chi connectivity index (χ0) is 9.84. The Morgan fingerprint density at radius 3 is 2.54 bits per heavy atom. The maximum Gasteiger partial charge on any atom is 0.337 e. The van der Waals surface area contributed by atoms with Crippen molar-refractivity contribution in [2.24, 2.45) is 5.18 Å². The number of nitroso groups, excluding NO2 is 1. The van der Waals surface area contributed by atoms with Gasteiger partial charge in [0.2, 0.25) is 0 Å². The monoisotopic (exact) mass is 181 g/mol. The molecular weight excluding hydrogens is 174 g/mol. The van der Waals surface area contributed by atoms with Gasteiger partial charge in [-0.05, 0) is 11.2 Å². The number of hydrogen-bond acceptors (Lipinski definition) is 4. The van der Waals surface area contributed by atoms with Crippen molar-refractivity contribution in [1.29, 1.82) is 0 Å². The van der Waals surface area contributed by atoms with Crippen molar-refractivity contribution in [3.63, 3.8) is 0 Å². The van der Waals surface area contributed by atoms with Crippen molar-refractivity contribution in [2.45, 2.75) is 6.10 Å². The SMILES string of the molecule is O=Nc1ccccc1C(O)C(=O)O. The average Bonchev–Trinajstić information content (AvgIpc) is 2.16. The van der Waals surface area contributed by atoms with Crippen molar-refractivity contribution >= 4 is 11.7 Å². The van der Waals surface area contributed by atoms with Crippen molar-refractivity contribution < 1.29 is 15.0 Å². The third-order valence-corrected chi connectivity index (χ3v) is 1.56. The molecule has 0 aromatic heterocycles. The predicted molar refractivity (Wildman–Crippen MR) is 44.5 cm³/mol. The fourth-order valence-electron chi connectivity index (χ4n) is 0.935. The molecule has 0 fully saturated rings. The summed E-state index contributed by atoms with van der Waals surface area (Å²) in [5.41, 5.74) is -0.0533. The molecule has 13 heavy (non-hydrogen) atoms. The van der Waals surface area contributed by atoms with Crippen LogP contribution in [0.25, 0.3) is 0 Å². The van der Waals surface area contributed by atoms with E-state index in [0.717, 1.165) is 0 Å². The molecule has 1 aromatic carbocycles. The van der Waals surface area contributed by atoms with E-state index in [0.29, 0.717) is 0 Å². The molecule has 1 unspecified atom stereocenters. The predicted octanol–water partition coefficient (Wildman–Crippen LogP) is 1.20. The average molecular weight is 181 g/mol. The van der Waals surface area contributed by atoms with Gasteiger partial charge in [-0.3, -0.25) is 0 Å². The molecule has 5 nitrogen and oxygen atoms in total. The molecule has 0 radical (unpaired) electrons. The van der Waals surface area contributed by atoms with E-state index in [2.05, 4.69) is 5.18 Å². The van der Waals surface area contributed by atoms with E-state index in [1.54, 1.807) is 0 Å². The van der Waals surface area contributed by atoms with Gasteiger partial charge in [-0.2, -0.15) is 0 Å². The van der Waals surface area contributed by atoms with Crippen LogP contribution in [0.1, 0.15) is 11.7 Å². The highest BCUT2D eigenvalue weighted by atomic mass is 16.4. The van der Waals surface area contributed by atoms with Gasteiger partial charge in [-0.15, -0.1) is 4.91 Å². The standard InChI is InChI=1S/C8H7NO4/c10-7(8(11)12)5-3-1-2-4-6(5)9-13/h1-4,7,10H,(H,11,12). The Balaban J connectivity index is 3.12. The summed E-state index contributed by atoms with van der Waals surface area (Å²) in [5.74, 6) is -1.41. The molecule has 0 aliphatic carbocycles. The normalized spacial score (nSPS) is 12.1. The van der Waals surface area contributed by atoms with Crippen LogP contribution in [0.4, 0.5) is 5.69 Å². The van der Waals surface area contributed by atoms with Crippen molar-refractivity contribution in [3.05, 3.63) is 34.7 Å². The molecule has 0 heterocycles. The summed E-state index contributed by atoms with van der Waals surface area (Å²) in [4.78, 5) is 20.6. The van der Waals surface area contributed by atoms with Gasteiger partial charge in [0.1, 0.15) is 5.69 Å². The van der Waals surface area contributed by atoms with E-state index in [1.807, 2.05) is 0 Å². The minimum absolute atomic E-state index is 0.00463. The molecular formula is C8H7NO4. The Labute approximate surface area is 73.6 Å². The van der Waals surface area contributed by atoms with Crippen molar-refractivity contribution in [2.75, 3.05) is 0 Å². The van der Waals surface area contributed by atoms with Gasteiger partial charge in [0.05, 0.1) is 0 Å². The highest BCUT2D eigenvalue weighted by Gasteiger charge is 2.19. The Morgan fingerprint density at radius 2 is 2.00 bits per heavy atom. The Bertz CT molecular complexity index is 337. The maximum absolute atomic E-state index is 10.4. The van der Waals surface area contributed by atoms with E-state index >= 15 is 0 Å². The molecule has 1 atom stereocenters. The first-order valence-electron chi connectivity index (χ1n) is 3.50. The van der Waals surface area contributed by atoms with E-state index < -0.39 is 12.1 Å². The lowest BCUT2D eigenvalue weighted by Crippen LogP contribution is -2.10. The largest absolute Gasteiger partial charge is 0.479 e. The summed E-state index contributed by atoms with van der Waals surface area (Å²) in [6.07, 6.45) is -1.70. The van der Waals surface area contributed by atoms with Crippen molar-refractivity contribution in [1.82, 2.24) is 0 Å². The first kappa shape index (κ1) is 9.34. The quantitative estimate of drug-likeness (QED) is 0.686. The van der Waals surface area contributed by atoms with Crippen LogP contribution in [0.15, 0.2) is 29.4 Å². The lowest BCUT2D eigenvalue weighted by molar-refractivity contribution is -0.146. The van der Waals surface area contributed by atoms with E-state index in [4.69, 9.17) is 10.2 Å². The molecule has 0 saturated heterocycles. The summed E-state index contributed by atoms with van der Waals surface area (Å²) >= 11 is 0. The molecule has 2 N–H and O–H groups in total. The first-order valence-corrected chi connectivity index (χ1v) is 3.50. The number of aliphatic hydroxyl groups excluding tert-OH is 1. The van der Waals surface area contributed by atoms with Crippen LogP contribution in [0.3, 0.4) is 0 Å². The number of aliphatic carboxylic acids is 1. The minimum Gasteiger partial charge on any atom is -0.479 e. The fourth-order valence-corrected chi connectivity index (χ4v) is 0.935. The Kier molecular flexibility index (Phi) is 2.71. The summed E-state index contributed by atoms with van der Waals surface area (Å²) in [7, 11) is 0. The molecule has 0 aliphatic heterocycles. The van der Waals surface area contributed by atoms with Gasteiger partial charge < -0.3 is 10.2 Å². The third-order valence-electron chi connectivity index (χ3n) is 1.56. The summed E-state index contributed by atoms with van der Waals surface area (Å²) < 4.78 is 0. The molecule has 0 spiro atoms. The topological polar surface area (TPSA) is 87.0 Å². The molecule has 68 valence electrons. The minimum atomic E-state index is -1.70. The summed E-state index contributed by atoms with van der Waals surface area (Å²) in [5, 5.41) is 20.2. The van der Waals surface area contributed by atoms with Gasteiger partial charge in [0, 0.05) is 5.56 Å². The number of aliphatic hydroxyl groups is 1. The van der Waals surface area contributed by atoms with Gasteiger partial charge >= 0.3 is 5.97 Å². The van der Waals surface area contributed by atoms with E-state index in [-0.39, 0.29) is 11.3 Å². The number of rotatable bonds is 3. The number of hydrogen-bond donors (Lipinski definition) is 2. The molecule has 0 amide bonds. The second-order valence-electron chi connectivity index (χ2n) is 2.39. The molecule has 0 bridgehead atoms. The number of carboxylic acids is 1. The first-order chi connectivity index (χ1) is 6.16. The van der Waals surface area contributed by atoms with E-state index in [9.17, 15) is 9.70 Å². The number of nitrogens with zero attached hydrogens (tertiary/aromatic N) is 1. The smallest absolute Gasteiger partial charge is 0.337 e. The zero-order valence-corrected chi connectivity index (χ0v) is 6.54. The van der Waals surface area contributed by atoms with Crippen LogP contribution >= 0.6 is 0 Å². The van der Waals surface area contributed by atoms with Crippen LogP contribution in [-0.2, 0) is 4.79 Å². The zero-order valence-electron chi connectivity index (χ0n) is 6.54. The van der Waals surface area contributed by atoms with Gasteiger partial charge in [0.15, 0.2) is 6.10 Å².